The fraction of sp³-hybridized carbons (Fsp3) is 0.231. The number of amides is 1. The Kier molecular flexibility index (Phi) is 3.76. The molecular formula is C13H15ClN4O. The lowest BCUT2D eigenvalue weighted by molar-refractivity contribution is 0.102. The number of anilines is 2. The Morgan fingerprint density at radius 2 is 2.16 bits per heavy atom. The number of nitrogens with two attached hydrogens (primary N) is 1. The Bertz CT molecular complexity index is 606. The van der Waals surface area contributed by atoms with Crippen molar-refractivity contribution in [1.82, 2.24) is 9.78 Å². The molecule has 1 heterocycles. The van der Waals surface area contributed by atoms with Gasteiger partial charge in [-0.25, -0.2) is 4.68 Å². The van der Waals surface area contributed by atoms with E-state index in [2.05, 4.69) is 10.4 Å². The van der Waals surface area contributed by atoms with Gasteiger partial charge in [0.25, 0.3) is 5.91 Å². The number of halogens is 1. The molecule has 19 heavy (non-hydrogen) atoms. The number of carbonyl (C=O) groups is 1. The molecule has 0 unspecified atom stereocenters. The average molecular weight is 279 g/mol. The van der Waals surface area contributed by atoms with Crippen LogP contribution in [0.3, 0.4) is 0 Å². The normalized spacial score (nSPS) is 10.7. The van der Waals surface area contributed by atoms with Gasteiger partial charge in [-0.1, -0.05) is 11.6 Å². The van der Waals surface area contributed by atoms with Crippen molar-refractivity contribution in [2.75, 3.05) is 11.1 Å². The summed E-state index contributed by atoms with van der Waals surface area (Å²) in [6, 6.07) is 6.70. The van der Waals surface area contributed by atoms with E-state index in [1.54, 1.807) is 35.1 Å². The van der Waals surface area contributed by atoms with Gasteiger partial charge in [0, 0.05) is 17.7 Å². The lowest BCUT2D eigenvalue weighted by Crippen LogP contribution is -2.16. The third-order valence-corrected chi connectivity index (χ3v) is 3.00. The van der Waals surface area contributed by atoms with Crippen molar-refractivity contribution in [2.24, 2.45) is 0 Å². The molecule has 1 amide bonds. The third-order valence-electron chi connectivity index (χ3n) is 2.66. The summed E-state index contributed by atoms with van der Waals surface area (Å²) in [4.78, 5) is 12.1. The van der Waals surface area contributed by atoms with Crippen LogP contribution < -0.4 is 11.1 Å². The van der Waals surface area contributed by atoms with E-state index in [9.17, 15) is 4.79 Å². The number of rotatable bonds is 3. The van der Waals surface area contributed by atoms with Gasteiger partial charge in [0.1, 0.15) is 5.82 Å². The molecule has 0 radical (unpaired) electrons. The zero-order valence-electron chi connectivity index (χ0n) is 10.7. The lowest BCUT2D eigenvalue weighted by Gasteiger charge is -2.12. The Morgan fingerprint density at radius 3 is 2.79 bits per heavy atom. The van der Waals surface area contributed by atoms with Crippen LogP contribution in [0.4, 0.5) is 11.5 Å². The SMILES string of the molecule is CC(C)n1nccc1NC(=O)c1ccc(Cl)c(N)c1. The molecule has 0 spiro atoms. The summed E-state index contributed by atoms with van der Waals surface area (Å²) in [5, 5.41) is 7.38. The minimum Gasteiger partial charge on any atom is -0.398 e. The molecule has 2 aromatic rings. The molecule has 0 atom stereocenters. The molecule has 0 aliphatic heterocycles. The first-order valence-corrected chi connectivity index (χ1v) is 6.26. The van der Waals surface area contributed by atoms with E-state index < -0.39 is 0 Å². The van der Waals surface area contributed by atoms with Crippen molar-refractivity contribution in [3.63, 3.8) is 0 Å². The second kappa shape index (κ2) is 5.32. The van der Waals surface area contributed by atoms with Gasteiger partial charge in [-0.15, -0.1) is 0 Å². The van der Waals surface area contributed by atoms with Crippen LogP contribution in [0.25, 0.3) is 0 Å². The van der Waals surface area contributed by atoms with Crippen LogP contribution in [0, 0.1) is 0 Å². The van der Waals surface area contributed by atoms with Gasteiger partial charge in [-0.2, -0.15) is 5.10 Å². The minimum absolute atomic E-state index is 0.167. The van der Waals surface area contributed by atoms with Gasteiger partial charge in [0.2, 0.25) is 0 Å². The Labute approximate surface area is 116 Å². The first-order valence-electron chi connectivity index (χ1n) is 5.89. The van der Waals surface area contributed by atoms with Crippen molar-refractivity contribution in [1.29, 1.82) is 0 Å². The summed E-state index contributed by atoms with van der Waals surface area (Å²) in [6.07, 6.45) is 1.64. The summed E-state index contributed by atoms with van der Waals surface area (Å²) in [5.41, 5.74) is 6.52. The smallest absolute Gasteiger partial charge is 0.256 e. The summed E-state index contributed by atoms with van der Waals surface area (Å²) >= 11 is 5.82. The van der Waals surface area contributed by atoms with Crippen molar-refractivity contribution < 1.29 is 4.79 Å². The molecular weight excluding hydrogens is 264 g/mol. The first-order chi connectivity index (χ1) is 8.99. The summed E-state index contributed by atoms with van der Waals surface area (Å²) < 4.78 is 1.73. The van der Waals surface area contributed by atoms with Crippen molar-refractivity contribution in [2.45, 2.75) is 19.9 Å². The van der Waals surface area contributed by atoms with E-state index in [1.807, 2.05) is 13.8 Å². The molecule has 3 N–H and O–H groups in total. The van der Waals surface area contributed by atoms with Crippen molar-refractivity contribution >= 4 is 29.0 Å². The second-order valence-corrected chi connectivity index (χ2v) is 4.85. The number of hydrogen-bond acceptors (Lipinski definition) is 3. The molecule has 1 aromatic carbocycles. The molecule has 1 aromatic heterocycles. The van der Waals surface area contributed by atoms with Gasteiger partial charge in [-0.3, -0.25) is 4.79 Å². The van der Waals surface area contributed by atoms with Crippen molar-refractivity contribution in [3.8, 4) is 0 Å². The van der Waals surface area contributed by atoms with Crippen LogP contribution in [-0.2, 0) is 0 Å². The molecule has 2 rings (SSSR count). The van der Waals surface area contributed by atoms with Crippen LogP contribution in [0.2, 0.25) is 5.02 Å². The van der Waals surface area contributed by atoms with Crippen LogP contribution in [0.15, 0.2) is 30.5 Å². The second-order valence-electron chi connectivity index (χ2n) is 4.45. The molecule has 0 bridgehead atoms. The highest BCUT2D eigenvalue weighted by Gasteiger charge is 2.12. The monoisotopic (exact) mass is 278 g/mol. The predicted molar refractivity (Wildman–Crippen MR) is 76.4 cm³/mol. The van der Waals surface area contributed by atoms with Gasteiger partial charge in [0.15, 0.2) is 0 Å². The minimum atomic E-state index is -0.245. The molecule has 0 saturated carbocycles. The molecule has 6 heteroatoms. The molecule has 0 saturated heterocycles. The number of nitrogens with zero attached hydrogens (tertiary/aromatic N) is 2. The Morgan fingerprint density at radius 1 is 1.42 bits per heavy atom. The zero-order valence-corrected chi connectivity index (χ0v) is 11.5. The first kappa shape index (κ1) is 13.4. The number of nitrogen functional groups attached to an aromatic ring is 1. The van der Waals surface area contributed by atoms with Gasteiger partial charge in [-0.05, 0) is 32.0 Å². The summed E-state index contributed by atoms with van der Waals surface area (Å²) in [5.74, 6) is 0.402. The maximum Gasteiger partial charge on any atom is 0.256 e. The van der Waals surface area contributed by atoms with E-state index in [0.29, 0.717) is 22.1 Å². The van der Waals surface area contributed by atoms with Crippen LogP contribution in [-0.4, -0.2) is 15.7 Å². The number of benzene rings is 1. The number of nitrogens with one attached hydrogen (secondary N) is 1. The predicted octanol–water partition coefficient (Wildman–Crippen LogP) is 2.95. The van der Waals surface area contributed by atoms with Crippen LogP contribution in [0.1, 0.15) is 30.2 Å². The molecule has 0 aliphatic rings. The quantitative estimate of drug-likeness (QED) is 0.848. The summed E-state index contributed by atoms with van der Waals surface area (Å²) in [6.45, 7) is 3.98. The Balaban J connectivity index is 2.21. The third kappa shape index (κ3) is 2.88. The fourth-order valence-electron chi connectivity index (χ4n) is 1.70. The maximum atomic E-state index is 12.1. The van der Waals surface area contributed by atoms with E-state index in [-0.39, 0.29) is 11.9 Å². The average Bonchev–Trinajstić information content (AvgIpc) is 2.80. The van der Waals surface area contributed by atoms with Crippen LogP contribution >= 0.6 is 11.6 Å². The summed E-state index contributed by atoms with van der Waals surface area (Å²) in [7, 11) is 0. The number of hydrogen-bond donors (Lipinski definition) is 2. The van der Waals surface area contributed by atoms with E-state index in [0.717, 1.165) is 0 Å². The fourth-order valence-corrected chi connectivity index (χ4v) is 1.82. The highest BCUT2D eigenvalue weighted by atomic mass is 35.5. The molecule has 5 nitrogen and oxygen atoms in total. The van der Waals surface area contributed by atoms with E-state index in [4.69, 9.17) is 17.3 Å². The standard InChI is InChI=1S/C13H15ClN4O/c1-8(2)18-12(5-6-16-18)17-13(19)9-3-4-10(14)11(15)7-9/h3-8H,15H2,1-2H3,(H,17,19). The largest absolute Gasteiger partial charge is 0.398 e. The van der Waals surface area contributed by atoms with E-state index >= 15 is 0 Å². The maximum absolute atomic E-state index is 12.1. The molecule has 100 valence electrons. The van der Waals surface area contributed by atoms with Gasteiger partial charge >= 0.3 is 0 Å². The highest BCUT2D eigenvalue weighted by Crippen LogP contribution is 2.20. The van der Waals surface area contributed by atoms with Crippen molar-refractivity contribution in [3.05, 3.63) is 41.0 Å². The van der Waals surface area contributed by atoms with Gasteiger partial charge < -0.3 is 11.1 Å². The molecule has 0 fully saturated rings. The Hall–Kier alpha value is -2.01. The van der Waals surface area contributed by atoms with Gasteiger partial charge in [0.05, 0.1) is 16.9 Å². The lowest BCUT2D eigenvalue weighted by atomic mass is 10.2. The van der Waals surface area contributed by atoms with E-state index in [1.165, 1.54) is 0 Å². The number of aromatic nitrogens is 2. The molecule has 0 aliphatic carbocycles. The number of carbonyl (C=O) groups excluding carboxylic acids is 1. The zero-order chi connectivity index (χ0) is 14.0. The topological polar surface area (TPSA) is 72.9 Å². The highest BCUT2D eigenvalue weighted by molar-refractivity contribution is 6.33. The van der Waals surface area contributed by atoms with Crippen LogP contribution in [0.5, 0.6) is 0 Å².